The molecular formula is C29H30FNO5S. The number of hydrogen-bond donors (Lipinski definition) is 0. The molecular weight excluding hydrogens is 493 g/mol. The van der Waals surface area contributed by atoms with Gasteiger partial charge in [-0.2, -0.15) is 0 Å². The van der Waals surface area contributed by atoms with E-state index in [0.717, 1.165) is 16.7 Å². The molecule has 194 valence electrons. The summed E-state index contributed by atoms with van der Waals surface area (Å²) < 4.78 is 30.3. The van der Waals surface area contributed by atoms with E-state index in [2.05, 4.69) is 4.98 Å². The molecule has 6 nitrogen and oxygen atoms in total. The molecule has 0 saturated heterocycles. The fourth-order valence-electron chi connectivity index (χ4n) is 4.21. The lowest BCUT2D eigenvalue weighted by atomic mass is 9.84. The van der Waals surface area contributed by atoms with E-state index in [9.17, 15) is 14.0 Å². The normalized spacial score (nSPS) is 13.2. The zero-order chi connectivity index (χ0) is 27.1. The molecule has 0 aliphatic carbocycles. The largest absolute Gasteiger partial charge is 0.493 e. The predicted octanol–water partition coefficient (Wildman–Crippen LogP) is 5.97. The van der Waals surface area contributed by atoms with Crippen LogP contribution in [0.5, 0.6) is 11.5 Å². The highest BCUT2D eigenvalue weighted by Gasteiger charge is 2.29. The number of thiocarbonyl (C=S) groups is 1. The van der Waals surface area contributed by atoms with Gasteiger partial charge >= 0.3 is 11.9 Å². The van der Waals surface area contributed by atoms with Crippen LogP contribution in [0.15, 0.2) is 60.8 Å². The number of carbonyl (C=O) groups excluding carboxylic acids is 2. The monoisotopic (exact) mass is 523 g/mol. The first kappa shape index (κ1) is 27.9. The molecule has 0 saturated carbocycles. The molecule has 0 aliphatic heterocycles. The van der Waals surface area contributed by atoms with Gasteiger partial charge in [0.2, 0.25) is 0 Å². The van der Waals surface area contributed by atoms with Crippen LogP contribution in [-0.4, -0.2) is 35.0 Å². The van der Waals surface area contributed by atoms with E-state index in [0.29, 0.717) is 10.6 Å². The van der Waals surface area contributed by atoms with Gasteiger partial charge in [0, 0.05) is 30.0 Å². The van der Waals surface area contributed by atoms with Crippen LogP contribution in [0, 0.1) is 18.7 Å². The van der Waals surface area contributed by atoms with Crippen LogP contribution >= 0.6 is 12.2 Å². The first-order chi connectivity index (χ1) is 17.6. The van der Waals surface area contributed by atoms with Crippen molar-refractivity contribution in [2.45, 2.75) is 46.1 Å². The Kier molecular flexibility index (Phi) is 9.47. The number of methoxy groups -OCH3 is 1. The molecule has 8 heteroatoms. The van der Waals surface area contributed by atoms with E-state index >= 15 is 0 Å². The van der Waals surface area contributed by atoms with Gasteiger partial charge in [-0.1, -0.05) is 55.5 Å². The lowest BCUT2D eigenvalue weighted by molar-refractivity contribution is -0.153. The third-order valence-corrected chi connectivity index (χ3v) is 6.35. The Morgan fingerprint density at radius 2 is 1.78 bits per heavy atom. The molecule has 37 heavy (non-hydrogen) atoms. The second-order valence-corrected chi connectivity index (χ2v) is 9.34. The fraction of sp³-hybridized carbons (Fsp3) is 0.310. The van der Waals surface area contributed by atoms with Crippen LogP contribution in [0.2, 0.25) is 0 Å². The van der Waals surface area contributed by atoms with E-state index < -0.39 is 24.0 Å². The van der Waals surface area contributed by atoms with Gasteiger partial charge in [0.05, 0.1) is 13.0 Å². The molecule has 0 N–H and O–H groups in total. The minimum Gasteiger partial charge on any atom is -0.493 e. The summed E-state index contributed by atoms with van der Waals surface area (Å²) >= 11 is 5.56. The number of benzene rings is 2. The van der Waals surface area contributed by atoms with Crippen molar-refractivity contribution in [2.75, 3.05) is 7.11 Å². The minimum absolute atomic E-state index is 0.118. The smallest absolute Gasteiger partial charge is 0.309 e. The average molecular weight is 524 g/mol. The van der Waals surface area contributed by atoms with Gasteiger partial charge in [-0.05, 0) is 49.1 Å². The summed E-state index contributed by atoms with van der Waals surface area (Å²) in [6, 6.07) is 15.8. The molecule has 0 spiro atoms. The van der Waals surface area contributed by atoms with Crippen molar-refractivity contribution in [3.05, 3.63) is 89.0 Å². The SMILES string of the molecule is COc1ccnc(C(=S)C[C@@H](C)C(=O)O[C@@H](C)[C@@H](c2ccccc2)c2ccc(F)cc2C)c1OC(C)=O. The van der Waals surface area contributed by atoms with Gasteiger partial charge < -0.3 is 14.2 Å². The van der Waals surface area contributed by atoms with Gasteiger partial charge in [-0.3, -0.25) is 14.6 Å². The van der Waals surface area contributed by atoms with Gasteiger partial charge in [0.25, 0.3) is 0 Å². The lowest BCUT2D eigenvalue weighted by Gasteiger charge is -2.27. The van der Waals surface area contributed by atoms with E-state index in [4.69, 9.17) is 26.4 Å². The Balaban J connectivity index is 1.80. The van der Waals surface area contributed by atoms with Crippen molar-refractivity contribution in [2.24, 2.45) is 5.92 Å². The molecule has 0 fully saturated rings. The van der Waals surface area contributed by atoms with Crippen LogP contribution in [0.25, 0.3) is 0 Å². The first-order valence-corrected chi connectivity index (χ1v) is 12.3. The molecule has 1 aromatic heterocycles. The van der Waals surface area contributed by atoms with Gasteiger partial charge in [0.1, 0.15) is 17.6 Å². The highest BCUT2D eigenvalue weighted by atomic mass is 32.1. The van der Waals surface area contributed by atoms with E-state index in [-0.39, 0.29) is 29.6 Å². The van der Waals surface area contributed by atoms with Crippen molar-refractivity contribution in [3.63, 3.8) is 0 Å². The van der Waals surface area contributed by atoms with Crippen LogP contribution in [0.3, 0.4) is 0 Å². The van der Waals surface area contributed by atoms with Gasteiger partial charge in [-0.25, -0.2) is 4.39 Å². The third kappa shape index (κ3) is 6.98. The summed E-state index contributed by atoms with van der Waals surface area (Å²) in [5, 5.41) is 0. The number of rotatable bonds is 10. The maximum absolute atomic E-state index is 13.8. The fourth-order valence-corrected chi connectivity index (χ4v) is 4.61. The molecule has 0 unspecified atom stereocenters. The molecule has 2 aromatic carbocycles. The van der Waals surface area contributed by atoms with Gasteiger partial charge in [0.15, 0.2) is 11.5 Å². The van der Waals surface area contributed by atoms with Crippen molar-refractivity contribution in [1.29, 1.82) is 0 Å². The number of aromatic nitrogens is 1. The zero-order valence-electron chi connectivity index (χ0n) is 21.5. The number of carbonyl (C=O) groups is 2. The number of ether oxygens (including phenoxy) is 3. The maximum atomic E-state index is 13.8. The molecule has 0 radical (unpaired) electrons. The minimum atomic E-state index is -0.598. The Bertz CT molecular complexity index is 1280. The van der Waals surface area contributed by atoms with Crippen molar-refractivity contribution in [3.8, 4) is 11.5 Å². The summed E-state index contributed by atoms with van der Waals surface area (Å²) in [5.41, 5.74) is 2.87. The van der Waals surface area contributed by atoms with Crippen LogP contribution in [-0.2, 0) is 14.3 Å². The van der Waals surface area contributed by atoms with Crippen LogP contribution in [0.1, 0.15) is 55.5 Å². The standard InChI is InChI=1S/C29H30FNO5S/c1-17-15-22(30)11-12-23(17)26(21-9-7-6-8-10-21)19(3)35-29(33)18(2)16-25(37)27-28(36-20(4)32)24(34-5)13-14-31-27/h6-15,18-19,26H,16H2,1-5H3/t18-,19+,26+/m1/s1. The average Bonchev–Trinajstić information content (AvgIpc) is 2.85. The topological polar surface area (TPSA) is 74.7 Å². The Morgan fingerprint density at radius 3 is 2.41 bits per heavy atom. The number of halogens is 1. The highest BCUT2D eigenvalue weighted by Crippen LogP contribution is 2.34. The second-order valence-electron chi connectivity index (χ2n) is 8.84. The molecule has 3 rings (SSSR count). The predicted molar refractivity (Wildman–Crippen MR) is 143 cm³/mol. The summed E-state index contributed by atoms with van der Waals surface area (Å²) in [7, 11) is 1.45. The maximum Gasteiger partial charge on any atom is 0.309 e. The highest BCUT2D eigenvalue weighted by molar-refractivity contribution is 7.80. The van der Waals surface area contributed by atoms with Crippen molar-refractivity contribution >= 4 is 29.0 Å². The molecule has 0 aliphatic rings. The molecule has 3 aromatic rings. The summed E-state index contributed by atoms with van der Waals surface area (Å²) in [6.07, 6.45) is 1.11. The Morgan fingerprint density at radius 1 is 1.08 bits per heavy atom. The second kappa shape index (κ2) is 12.5. The lowest BCUT2D eigenvalue weighted by Crippen LogP contribution is -2.28. The molecule has 1 heterocycles. The van der Waals surface area contributed by atoms with E-state index in [1.165, 1.54) is 32.4 Å². The Hall–Kier alpha value is -3.65. The summed E-state index contributed by atoms with van der Waals surface area (Å²) in [6.45, 7) is 6.65. The quantitative estimate of drug-likeness (QED) is 0.184. The number of hydrogen-bond acceptors (Lipinski definition) is 7. The number of nitrogens with zero attached hydrogens (tertiary/aromatic N) is 1. The van der Waals surface area contributed by atoms with Crippen molar-refractivity contribution in [1.82, 2.24) is 4.98 Å². The summed E-state index contributed by atoms with van der Waals surface area (Å²) in [4.78, 5) is 29.3. The third-order valence-electron chi connectivity index (χ3n) is 5.99. The molecule has 0 amide bonds. The number of pyridine rings is 1. The van der Waals surface area contributed by atoms with Crippen LogP contribution in [0.4, 0.5) is 4.39 Å². The molecule has 3 atom stereocenters. The van der Waals surface area contributed by atoms with E-state index in [1.807, 2.05) is 44.2 Å². The summed E-state index contributed by atoms with van der Waals surface area (Å²) in [5.74, 6) is -1.76. The zero-order valence-corrected chi connectivity index (χ0v) is 22.3. The van der Waals surface area contributed by atoms with Crippen LogP contribution < -0.4 is 9.47 Å². The number of esters is 2. The first-order valence-electron chi connectivity index (χ1n) is 11.9. The van der Waals surface area contributed by atoms with Crippen molar-refractivity contribution < 1.29 is 28.2 Å². The number of aryl methyl sites for hydroxylation is 1. The molecule has 0 bridgehead atoms. The Labute approximate surface area is 221 Å². The van der Waals surface area contributed by atoms with Gasteiger partial charge in [-0.15, -0.1) is 0 Å². The van der Waals surface area contributed by atoms with E-state index in [1.54, 1.807) is 19.1 Å².